The molecule has 6 nitrogen and oxygen atoms in total. The first-order valence-corrected chi connectivity index (χ1v) is 8.04. The van der Waals surface area contributed by atoms with Crippen LogP contribution in [-0.2, 0) is 16.0 Å². The van der Waals surface area contributed by atoms with Crippen LogP contribution >= 0.6 is 0 Å². The fourth-order valence-corrected chi connectivity index (χ4v) is 2.49. The molecule has 0 saturated heterocycles. The molecule has 0 aliphatic rings. The molecule has 3 N–H and O–H groups in total. The van der Waals surface area contributed by atoms with Crippen LogP contribution in [0.3, 0.4) is 0 Å². The lowest BCUT2D eigenvalue weighted by Crippen LogP contribution is -2.49. The molecule has 0 saturated carbocycles. The number of rotatable bonds is 5. The number of hydrogen-bond donors (Lipinski definition) is 3. The molecule has 6 heteroatoms. The minimum atomic E-state index is -1.74. The van der Waals surface area contributed by atoms with Crippen molar-refractivity contribution in [2.24, 2.45) is 0 Å². The molecule has 0 aliphatic carbocycles. The first kappa shape index (κ1) is 18.7. The lowest BCUT2D eigenvalue weighted by atomic mass is 9.98. The number of amides is 1. The first-order chi connectivity index (χ1) is 11.7. The Morgan fingerprint density at radius 3 is 2.36 bits per heavy atom. The Bertz CT molecular complexity index is 766. The molecule has 0 bridgehead atoms. The van der Waals surface area contributed by atoms with Gasteiger partial charge in [0, 0.05) is 0 Å². The number of alkyl carbamates (subject to hydrolysis) is 1. The summed E-state index contributed by atoms with van der Waals surface area (Å²) in [6.45, 7) is 5.12. The number of fused-ring (bicyclic) bond motifs is 1. The molecule has 0 aromatic heterocycles. The molecule has 0 spiro atoms. The van der Waals surface area contributed by atoms with Crippen LogP contribution in [0.4, 0.5) is 4.79 Å². The zero-order valence-corrected chi connectivity index (χ0v) is 14.5. The normalized spacial score (nSPS) is 13.9. The Kier molecular flexibility index (Phi) is 5.64. The largest absolute Gasteiger partial charge is 0.479 e. The van der Waals surface area contributed by atoms with Crippen molar-refractivity contribution in [3.8, 4) is 0 Å². The lowest BCUT2D eigenvalue weighted by molar-refractivity contribution is -0.148. The average molecular weight is 345 g/mol. The van der Waals surface area contributed by atoms with Crippen LogP contribution in [-0.4, -0.2) is 40.0 Å². The highest BCUT2D eigenvalue weighted by Gasteiger charge is 2.29. The van der Waals surface area contributed by atoms with Gasteiger partial charge >= 0.3 is 12.1 Å². The van der Waals surface area contributed by atoms with Crippen molar-refractivity contribution in [2.75, 3.05) is 0 Å². The number of benzene rings is 2. The van der Waals surface area contributed by atoms with E-state index in [0.29, 0.717) is 0 Å². The summed E-state index contributed by atoms with van der Waals surface area (Å²) in [6.07, 6.45) is -2.34. The summed E-state index contributed by atoms with van der Waals surface area (Å²) in [4.78, 5) is 23.1. The number of carboxylic acid groups (broad SMARTS) is 1. The molecular weight excluding hydrogens is 322 g/mol. The van der Waals surface area contributed by atoms with Crippen molar-refractivity contribution in [2.45, 2.75) is 44.9 Å². The molecular formula is C19H23NO5. The van der Waals surface area contributed by atoms with Gasteiger partial charge in [-0.1, -0.05) is 42.5 Å². The third kappa shape index (κ3) is 5.46. The molecule has 0 radical (unpaired) electrons. The average Bonchev–Trinajstić information content (AvgIpc) is 2.51. The van der Waals surface area contributed by atoms with Crippen molar-refractivity contribution >= 4 is 22.8 Å². The fourth-order valence-electron chi connectivity index (χ4n) is 2.49. The third-order valence-electron chi connectivity index (χ3n) is 3.61. The molecule has 134 valence electrons. The maximum atomic E-state index is 12.0. The van der Waals surface area contributed by atoms with Crippen molar-refractivity contribution in [1.82, 2.24) is 5.32 Å². The summed E-state index contributed by atoms with van der Waals surface area (Å²) >= 11 is 0. The van der Waals surface area contributed by atoms with E-state index in [-0.39, 0.29) is 6.42 Å². The van der Waals surface area contributed by atoms with Crippen molar-refractivity contribution < 1.29 is 24.5 Å². The smallest absolute Gasteiger partial charge is 0.407 e. The summed E-state index contributed by atoms with van der Waals surface area (Å²) < 4.78 is 5.15. The Morgan fingerprint density at radius 2 is 1.76 bits per heavy atom. The highest BCUT2D eigenvalue weighted by Crippen LogP contribution is 2.18. The maximum absolute atomic E-state index is 12.0. The van der Waals surface area contributed by atoms with Crippen LogP contribution in [0.2, 0.25) is 0 Å². The van der Waals surface area contributed by atoms with E-state index >= 15 is 0 Å². The molecule has 2 aromatic rings. The van der Waals surface area contributed by atoms with Gasteiger partial charge in [0.1, 0.15) is 5.60 Å². The molecule has 2 rings (SSSR count). The van der Waals surface area contributed by atoms with E-state index in [2.05, 4.69) is 5.32 Å². The summed E-state index contributed by atoms with van der Waals surface area (Å²) in [6, 6.07) is 12.4. The van der Waals surface area contributed by atoms with Gasteiger partial charge in [-0.25, -0.2) is 9.59 Å². The monoisotopic (exact) mass is 345 g/mol. The first-order valence-electron chi connectivity index (χ1n) is 8.04. The van der Waals surface area contributed by atoms with E-state index in [1.54, 1.807) is 20.8 Å². The number of carbonyl (C=O) groups excluding carboxylic acids is 1. The van der Waals surface area contributed by atoms with Gasteiger partial charge in [-0.05, 0) is 43.5 Å². The topological polar surface area (TPSA) is 95.9 Å². The number of aliphatic carboxylic acids is 1. The minimum absolute atomic E-state index is 0.164. The molecule has 2 atom stereocenters. The maximum Gasteiger partial charge on any atom is 0.407 e. The third-order valence-corrected chi connectivity index (χ3v) is 3.61. The zero-order chi connectivity index (χ0) is 18.6. The Labute approximate surface area is 146 Å². The Hall–Kier alpha value is -2.60. The second-order valence-corrected chi connectivity index (χ2v) is 6.92. The Morgan fingerprint density at radius 1 is 1.12 bits per heavy atom. The van der Waals surface area contributed by atoms with E-state index in [9.17, 15) is 14.7 Å². The van der Waals surface area contributed by atoms with E-state index in [1.807, 2.05) is 42.5 Å². The highest BCUT2D eigenvalue weighted by atomic mass is 16.6. The number of aliphatic hydroxyl groups excluding tert-OH is 1. The van der Waals surface area contributed by atoms with Gasteiger partial charge in [0.15, 0.2) is 6.10 Å². The SMILES string of the molecule is CC(C)(C)OC(=O)N[C@H](Cc1ccc2ccccc2c1)[C@H](O)C(=O)O. The quantitative estimate of drug-likeness (QED) is 0.774. The van der Waals surface area contributed by atoms with Crippen LogP contribution in [0, 0.1) is 0 Å². The molecule has 25 heavy (non-hydrogen) atoms. The number of carboxylic acids is 1. The zero-order valence-electron chi connectivity index (χ0n) is 14.5. The van der Waals surface area contributed by atoms with Gasteiger partial charge < -0.3 is 20.3 Å². The summed E-state index contributed by atoms with van der Waals surface area (Å²) in [5.41, 5.74) is 0.0891. The predicted molar refractivity (Wildman–Crippen MR) is 94.5 cm³/mol. The molecule has 0 aliphatic heterocycles. The lowest BCUT2D eigenvalue weighted by Gasteiger charge is -2.25. The summed E-state index contributed by atoms with van der Waals surface area (Å²) in [5, 5.41) is 23.6. The number of aliphatic hydroxyl groups is 1. The number of nitrogens with one attached hydrogen (secondary N) is 1. The highest BCUT2D eigenvalue weighted by molar-refractivity contribution is 5.83. The molecule has 1 amide bonds. The van der Waals surface area contributed by atoms with Crippen LogP contribution in [0.15, 0.2) is 42.5 Å². The van der Waals surface area contributed by atoms with E-state index in [1.165, 1.54) is 0 Å². The summed E-state index contributed by atoms with van der Waals surface area (Å²) in [5.74, 6) is -1.40. The molecule has 0 unspecified atom stereocenters. The predicted octanol–water partition coefficient (Wildman–Crippen LogP) is 2.72. The molecule has 0 heterocycles. The van der Waals surface area contributed by atoms with Gasteiger partial charge in [0.25, 0.3) is 0 Å². The van der Waals surface area contributed by atoms with Crippen LogP contribution in [0.5, 0.6) is 0 Å². The standard InChI is InChI=1S/C19H23NO5/c1-19(2,3)25-18(24)20-15(16(21)17(22)23)11-12-8-9-13-6-4-5-7-14(13)10-12/h4-10,15-16,21H,11H2,1-3H3,(H,20,24)(H,22,23)/t15-,16+/m1/s1. The van der Waals surface area contributed by atoms with Crippen LogP contribution in [0.25, 0.3) is 10.8 Å². The number of hydrogen-bond acceptors (Lipinski definition) is 4. The minimum Gasteiger partial charge on any atom is -0.479 e. The van der Waals surface area contributed by atoms with Gasteiger partial charge in [-0.3, -0.25) is 0 Å². The second kappa shape index (κ2) is 7.53. The van der Waals surface area contributed by atoms with Gasteiger partial charge in [-0.2, -0.15) is 0 Å². The number of carbonyl (C=O) groups is 2. The van der Waals surface area contributed by atoms with Crippen molar-refractivity contribution in [1.29, 1.82) is 0 Å². The van der Waals surface area contributed by atoms with Crippen LogP contribution < -0.4 is 5.32 Å². The summed E-state index contributed by atoms with van der Waals surface area (Å²) in [7, 11) is 0. The van der Waals surface area contributed by atoms with Gasteiger partial charge in [0.2, 0.25) is 0 Å². The second-order valence-electron chi connectivity index (χ2n) is 6.92. The van der Waals surface area contributed by atoms with E-state index < -0.39 is 29.8 Å². The van der Waals surface area contributed by atoms with Gasteiger partial charge in [0.05, 0.1) is 6.04 Å². The van der Waals surface area contributed by atoms with Crippen LogP contribution in [0.1, 0.15) is 26.3 Å². The van der Waals surface area contributed by atoms with E-state index in [0.717, 1.165) is 16.3 Å². The molecule has 2 aromatic carbocycles. The van der Waals surface area contributed by atoms with Crippen molar-refractivity contribution in [3.63, 3.8) is 0 Å². The Balaban J connectivity index is 2.19. The number of ether oxygens (including phenoxy) is 1. The fraction of sp³-hybridized carbons (Fsp3) is 0.368. The molecule has 0 fully saturated rings. The van der Waals surface area contributed by atoms with Crippen molar-refractivity contribution in [3.05, 3.63) is 48.0 Å². The van der Waals surface area contributed by atoms with E-state index in [4.69, 9.17) is 9.84 Å². The van der Waals surface area contributed by atoms with Gasteiger partial charge in [-0.15, -0.1) is 0 Å².